The molecule has 0 unspecified atom stereocenters. The van der Waals surface area contributed by atoms with Gasteiger partial charge in [0.05, 0.1) is 17.3 Å². The average molecular weight is 373 g/mol. The van der Waals surface area contributed by atoms with E-state index in [1.54, 1.807) is 29.0 Å². The van der Waals surface area contributed by atoms with Crippen molar-refractivity contribution in [1.82, 2.24) is 24.6 Å². The van der Waals surface area contributed by atoms with Crippen LogP contribution in [0.25, 0.3) is 16.9 Å². The van der Waals surface area contributed by atoms with Crippen molar-refractivity contribution in [3.8, 4) is 11.3 Å². The lowest BCUT2D eigenvalue weighted by Gasteiger charge is -2.15. The van der Waals surface area contributed by atoms with Crippen LogP contribution in [-0.4, -0.2) is 24.6 Å². The summed E-state index contributed by atoms with van der Waals surface area (Å²) in [7, 11) is 0. The van der Waals surface area contributed by atoms with Crippen molar-refractivity contribution in [2.45, 2.75) is 13.0 Å². The number of nitrogens with two attached hydrogens (primary N) is 1. The number of nitrogens with zero attached hydrogens (tertiary/aromatic N) is 5. The van der Waals surface area contributed by atoms with E-state index in [1.807, 2.05) is 6.92 Å². The van der Waals surface area contributed by atoms with E-state index in [9.17, 15) is 8.78 Å². The van der Waals surface area contributed by atoms with Crippen LogP contribution in [0.4, 0.5) is 20.4 Å². The number of nitrogen functional groups attached to an aromatic ring is 1. The zero-order valence-electron chi connectivity index (χ0n) is 14.3. The van der Waals surface area contributed by atoms with Crippen molar-refractivity contribution >= 4 is 17.3 Å². The average Bonchev–Trinajstić information content (AvgIpc) is 3.00. The lowest BCUT2D eigenvalue weighted by atomic mass is 10.1. The molecule has 4 rings (SSSR count). The summed E-state index contributed by atoms with van der Waals surface area (Å²) in [6, 6.07) is 6.92. The minimum Gasteiger partial charge on any atom is -0.382 e. The van der Waals surface area contributed by atoms with Gasteiger partial charge in [0.25, 0.3) is 0 Å². The van der Waals surface area contributed by atoms with Crippen LogP contribution in [0.3, 0.4) is 0 Å². The molecule has 1 atom stereocenters. The second-order valence-corrected chi connectivity index (χ2v) is 5.98. The second-order valence-electron chi connectivity index (χ2n) is 5.98. The first-order valence-corrected chi connectivity index (χ1v) is 8.15. The van der Waals surface area contributed by atoms with Crippen molar-refractivity contribution in [2.75, 3.05) is 11.1 Å². The van der Waals surface area contributed by atoms with Gasteiger partial charge in [0.15, 0.2) is 23.1 Å². The first-order valence-electron chi connectivity index (χ1n) is 8.15. The number of benzene rings is 1. The van der Waals surface area contributed by atoms with E-state index in [1.165, 1.54) is 12.4 Å². The summed E-state index contributed by atoms with van der Waals surface area (Å²) in [4.78, 5) is 12.7. The molecular weight excluding hydrogens is 352 g/mol. The zero-order valence-corrected chi connectivity index (χ0v) is 14.3. The SMILES string of the molecule is C[C@H](Nc1cc(-c2c(N)nn3cccnc23)ncn1)c1ccc(F)c(F)c1.[HH].[HH].[HH]. The van der Waals surface area contributed by atoms with Gasteiger partial charge in [0.2, 0.25) is 0 Å². The Morgan fingerprint density at radius 3 is 2.81 bits per heavy atom. The predicted octanol–water partition coefficient (Wildman–Crippen LogP) is 3.96. The highest BCUT2D eigenvalue weighted by Gasteiger charge is 2.16. The van der Waals surface area contributed by atoms with Gasteiger partial charge < -0.3 is 11.1 Å². The summed E-state index contributed by atoms with van der Waals surface area (Å²) in [5.74, 6) is -0.972. The van der Waals surface area contributed by atoms with Crippen LogP contribution in [-0.2, 0) is 0 Å². The van der Waals surface area contributed by atoms with Crippen LogP contribution in [0.2, 0.25) is 0 Å². The maximum Gasteiger partial charge on any atom is 0.166 e. The number of fused-ring (bicyclic) bond motifs is 1. The summed E-state index contributed by atoms with van der Waals surface area (Å²) < 4.78 is 28.2. The molecule has 1 aromatic carbocycles. The minimum absolute atomic E-state index is 0. The topological polar surface area (TPSA) is 94.0 Å². The van der Waals surface area contributed by atoms with E-state index in [0.717, 1.165) is 12.1 Å². The Labute approximate surface area is 157 Å². The molecule has 4 aromatic rings. The molecule has 0 saturated heterocycles. The number of anilines is 2. The second kappa shape index (κ2) is 6.60. The number of nitrogens with one attached hydrogen (secondary N) is 1. The molecule has 0 aliphatic rings. The summed E-state index contributed by atoms with van der Waals surface area (Å²) in [5, 5.41) is 7.37. The molecule has 3 N–H and O–H groups in total. The van der Waals surface area contributed by atoms with Crippen molar-refractivity contribution in [2.24, 2.45) is 0 Å². The molecule has 0 aliphatic heterocycles. The molecule has 3 heterocycles. The summed E-state index contributed by atoms with van der Waals surface area (Å²) in [6.07, 6.45) is 4.78. The van der Waals surface area contributed by atoms with Crippen molar-refractivity contribution in [3.05, 3.63) is 66.3 Å². The van der Waals surface area contributed by atoms with Gasteiger partial charge in [-0.3, -0.25) is 0 Å². The number of halogens is 2. The number of rotatable bonds is 4. The molecule has 0 fully saturated rings. The molecule has 7 nitrogen and oxygen atoms in total. The highest BCUT2D eigenvalue weighted by Crippen LogP contribution is 2.29. The molecule has 0 saturated carbocycles. The lowest BCUT2D eigenvalue weighted by Crippen LogP contribution is -2.09. The van der Waals surface area contributed by atoms with E-state index < -0.39 is 11.6 Å². The van der Waals surface area contributed by atoms with Crippen molar-refractivity contribution in [1.29, 1.82) is 0 Å². The standard InChI is InChI=1S/C18H15F2N7.3H2/c1-10(11-3-4-12(19)13(20)7-11)25-15-8-14(23-9-24-15)16-17(21)26-27-6-2-5-22-18(16)27;;;/h2-10H,1H3,(H2,21,26)(H,23,24,25);3*1H/t10-;;;/m0.../s1. The molecule has 0 aliphatic carbocycles. The first-order chi connectivity index (χ1) is 13.0. The van der Waals surface area contributed by atoms with E-state index in [0.29, 0.717) is 34.1 Å². The third-order valence-corrected chi connectivity index (χ3v) is 4.15. The maximum atomic E-state index is 13.5. The largest absolute Gasteiger partial charge is 0.382 e. The highest BCUT2D eigenvalue weighted by atomic mass is 19.2. The Balaban J connectivity index is 0.00000150. The van der Waals surface area contributed by atoms with E-state index in [4.69, 9.17) is 5.73 Å². The Bertz CT molecular complexity index is 1140. The third kappa shape index (κ3) is 3.14. The van der Waals surface area contributed by atoms with Crippen LogP contribution in [0, 0.1) is 11.6 Å². The van der Waals surface area contributed by atoms with Gasteiger partial charge in [-0.05, 0) is 30.7 Å². The number of aromatic nitrogens is 5. The normalized spacial score (nSPS) is 12.3. The molecule has 3 aromatic heterocycles. The molecule has 142 valence electrons. The van der Waals surface area contributed by atoms with Crippen LogP contribution in [0.15, 0.2) is 49.1 Å². The van der Waals surface area contributed by atoms with Gasteiger partial charge in [-0.1, -0.05) is 6.07 Å². The van der Waals surface area contributed by atoms with Gasteiger partial charge in [-0.15, -0.1) is 5.10 Å². The molecule has 0 spiro atoms. The fraction of sp³-hybridized carbons (Fsp3) is 0.111. The molecule has 9 heteroatoms. The molecule has 0 radical (unpaired) electrons. The van der Waals surface area contributed by atoms with Crippen LogP contribution < -0.4 is 11.1 Å². The fourth-order valence-corrected chi connectivity index (χ4v) is 2.81. The molecule has 0 bridgehead atoms. The summed E-state index contributed by atoms with van der Waals surface area (Å²) >= 11 is 0. The van der Waals surface area contributed by atoms with Crippen molar-refractivity contribution < 1.29 is 13.1 Å². The first kappa shape index (κ1) is 16.8. The smallest absolute Gasteiger partial charge is 0.166 e. The predicted molar refractivity (Wildman–Crippen MR) is 103 cm³/mol. The highest BCUT2D eigenvalue weighted by molar-refractivity contribution is 5.84. The van der Waals surface area contributed by atoms with Gasteiger partial charge in [0.1, 0.15) is 12.1 Å². The van der Waals surface area contributed by atoms with Gasteiger partial charge in [0, 0.05) is 22.7 Å². The Kier molecular flexibility index (Phi) is 4.11. The van der Waals surface area contributed by atoms with Gasteiger partial charge in [-0.25, -0.2) is 28.2 Å². The number of hydrogen-bond acceptors (Lipinski definition) is 6. The fourth-order valence-electron chi connectivity index (χ4n) is 2.81. The quantitative estimate of drug-likeness (QED) is 0.562. The van der Waals surface area contributed by atoms with Gasteiger partial charge >= 0.3 is 0 Å². The zero-order chi connectivity index (χ0) is 19.0. The maximum absolute atomic E-state index is 13.5. The monoisotopic (exact) mass is 373 g/mol. The molecule has 27 heavy (non-hydrogen) atoms. The Morgan fingerprint density at radius 2 is 2.00 bits per heavy atom. The Hall–Kier alpha value is -3.62. The molecular formula is C18H21F2N7. The van der Waals surface area contributed by atoms with E-state index in [2.05, 4.69) is 25.4 Å². The summed E-state index contributed by atoms with van der Waals surface area (Å²) in [5.41, 5.74) is 8.35. The van der Waals surface area contributed by atoms with Crippen LogP contribution in [0.5, 0.6) is 0 Å². The molecule has 0 amide bonds. The van der Waals surface area contributed by atoms with Gasteiger partial charge in [-0.2, -0.15) is 0 Å². The van der Waals surface area contributed by atoms with Crippen LogP contribution in [0.1, 0.15) is 22.8 Å². The van der Waals surface area contributed by atoms with E-state index in [-0.39, 0.29) is 10.3 Å². The number of hydrogen-bond donors (Lipinski definition) is 2. The van der Waals surface area contributed by atoms with E-state index >= 15 is 0 Å². The minimum atomic E-state index is -0.894. The summed E-state index contributed by atoms with van der Waals surface area (Å²) in [6.45, 7) is 1.82. The van der Waals surface area contributed by atoms with Crippen molar-refractivity contribution in [3.63, 3.8) is 0 Å². The third-order valence-electron chi connectivity index (χ3n) is 4.15. The van der Waals surface area contributed by atoms with Crippen LogP contribution >= 0.6 is 0 Å². The Morgan fingerprint density at radius 1 is 1.15 bits per heavy atom. The lowest BCUT2D eigenvalue weighted by molar-refractivity contribution is 0.506.